The number of hydrogen-bond donors (Lipinski definition) is 1. The number of nitrogens with zero attached hydrogens (tertiary/aromatic N) is 1. The topological polar surface area (TPSA) is 24.5 Å². The van der Waals surface area contributed by atoms with Gasteiger partial charge in [0.15, 0.2) is 0 Å². The molecule has 0 spiro atoms. The Balaban J connectivity index is 1.60. The Hall–Kier alpha value is -1.06. The fourth-order valence-corrected chi connectivity index (χ4v) is 3.04. The molecule has 1 aromatic carbocycles. The summed E-state index contributed by atoms with van der Waals surface area (Å²) in [5.74, 6) is 1.69. The summed E-state index contributed by atoms with van der Waals surface area (Å²) in [5.41, 5.74) is 1.38. The number of rotatable bonds is 3. The summed E-state index contributed by atoms with van der Waals surface area (Å²) < 4.78 is 5.71. The van der Waals surface area contributed by atoms with Gasteiger partial charge in [0, 0.05) is 25.0 Å². The number of para-hydroxylation sites is 1. The molecule has 0 aliphatic carbocycles. The van der Waals surface area contributed by atoms with Gasteiger partial charge in [-0.05, 0) is 38.1 Å². The van der Waals surface area contributed by atoms with Crippen LogP contribution < -0.4 is 10.1 Å². The van der Waals surface area contributed by atoms with E-state index in [1.807, 2.05) is 0 Å². The van der Waals surface area contributed by atoms with Crippen LogP contribution in [0.4, 0.5) is 0 Å². The van der Waals surface area contributed by atoms with Crippen LogP contribution in [0.25, 0.3) is 0 Å². The summed E-state index contributed by atoms with van der Waals surface area (Å²) in [6.07, 6.45) is 2.41. The third-order valence-corrected chi connectivity index (χ3v) is 4.13. The van der Waals surface area contributed by atoms with Crippen LogP contribution in [-0.2, 0) is 0 Å². The number of fused-ring (bicyclic) bond motifs is 1. The van der Waals surface area contributed by atoms with Gasteiger partial charge in [-0.2, -0.15) is 0 Å². The normalized spacial score (nSPS) is 27.8. The van der Waals surface area contributed by atoms with Crippen LogP contribution in [0.15, 0.2) is 24.3 Å². The van der Waals surface area contributed by atoms with Crippen LogP contribution in [0.2, 0.25) is 0 Å². The SMILES string of the molecule is CN1CCC(NCC2CCOc3ccccc32)C1. The van der Waals surface area contributed by atoms with Crippen LogP contribution >= 0.6 is 0 Å². The first-order valence-corrected chi connectivity index (χ1v) is 6.96. The highest BCUT2D eigenvalue weighted by Gasteiger charge is 2.24. The molecule has 0 saturated carbocycles. The third kappa shape index (κ3) is 2.52. The van der Waals surface area contributed by atoms with Crippen LogP contribution in [0.5, 0.6) is 5.75 Å². The standard InChI is InChI=1S/C15H22N2O/c1-17-8-6-13(11-17)16-10-12-7-9-18-15-5-3-2-4-14(12)15/h2-5,12-13,16H,6-11H2,1H3. The quantitative estimate of drug-likeness (QED) is 0.881. The van der Waals surface area contributed by atoms with E-state index < -0.39 is 0 Å². The van der Waals surface area contributed by atoms with Gasteiger partial charge in [-0.25, -0.2) is 0 Å². The molecular formula is C15H22N2O. The Kier molecular flexibility index (Phi) is 3.52. The lowest BCUT2D eigenvalue weighted by atomic mass is 9.93. The van der Waals surface area contributed by atoms with Crippen molar-refractivity contribution in [2.45, 2.75) is 24.8 Å². The van der Waals surface area contributed by atoms with Crippen molar-refractivity contribution in [3.63, 3.8) is 0 Å². The van der Waals surface area contributed by atoms with Crippen LogP contribution in [0.1, 0.15) is 24.3 Å². The second-order valence-electron chi connectivity index (χ2n) is 5.53. The van der Waals surface area contributed by atoms with Crippen molar-refractivity contribution >= 4 is 0 Å². The Morgan fingerprint density at radius 2 is 2.22 bits per heavy atom. The van der Waals surface area contributed by atoms with Gasteiger partial charge in [0.2, 0.25) is 0 Å². The fourth-order valence-electron chi connectivity index (χ4n) is 3.04. The maximum Gasteiger partial charge on any atom is 0.122 e. The van der Waals surface area contributed by atoms with Gasteiger partial charge in [-0.1, -0.05) is 18.2 Å². The predicted molar refractivity (Wildman–Crippen MR) is 73.2 cm³/mol. The van der Waals surface area contributed by atoms with E-state index in [9.17, 15) is 0 Å². The first-order valence-electron chi connectivity index (χ1n) is 6.96. The van der Waals surface area contributed by atoms with Crippen molar-refractivity contribution in [2.24, 2.45) is 0 Å². The summed E-state index contributed by atoms with van der Waals surface area (Å²) in [6, 6.07) is 9.14. The molecule has 3 rings (SSSR count). The predicted octanol–water partition coefficient (Wildman–Crippen LogP) is 1.85. The molecule has 0 amide bonds. The average molecular weight is 246 g/mol. The largest absolute Gasteiger partial charge is 0.493 e. The zero-order chi connectivity index (χ0) is 12.4. The molecule has 1 N–H and O–H groups in total. The monoisotopic (exact) mass is 246 g/mol. The van der Waals surface area contributed by atoms with Crippen LogP contribution in [-0.4, -0.2) is 44.2 Å². The van der Waals surface area contributed by atoms with Crippen LogP contribution in [0.3, 0.4) is 0 Å². The lowest BCUT2D eigenvalue weighted by Gasteiger charge is -2.27. The summed E-state index contributed by atoms with van der Waals surface area (Å²) in [6.45, 7) is 4.35. The number of benzene rings is 1. The Morgan fingerprint density at radius 1 is 1.33 bits per heavy atom. The first-order chi connectivity index (χ1) is 8.83. The van der Waals surface area contributed by atoms with E-state index in [2.05, 4.69) is 41.5 Å². The van der Waals surface area contributed by atoms with Crippen molar-refractivity contribution in [3.8, 4) is 5.75 Å². The number of nitrogens with one attached hydrogen (secondary N) is 1. The van der Waals surface area contributed by atoms with Crippen LogP contribution in [0, 0.1) is 0 Å². The van der Waals surface area contributed by atoms with Gasteiger partial charge in [-0.15, -0.1) is 0 Å². The molecule has 2 unspecified atom stereocenters. The molecule has 18 heavy (non-hydrogen) atoms. The average Bonchev–Trinajstić information content (AvgIpc) is 2.82. The highest BCUT2D eigenvalue weighted by molar-refractivity contribution is 5.37. The van der Waals surface area contributed by atoms with Gasteiger partial charge in [0.1, 0.15) is 5.75 Å². The summed E-state index contributed by atoms with van der Waals surface area (Å²) in [5, 5.41) is 3.73. The number of hydrogen-bond acceptors (Lipinski definition) is 3. The second kappa shape index (κ2) is 5.29. The summed E-state index contributed by atoms with van der Waals surface area (Å²) in [4.78, 5) is 2.40. The molecule has 3 nitrogen and oxygen atoms in total. The van der Waals surface area contributed by atoms with E-state index in [0.717, 1.165) is 25.3 Å². The van der Waals surface area contributed by atoms with Gasteiger partial charge < -0.3 is 15.0 Å². The Labute approximate surface area is 109 Å². The van der Waals surface area contributed by atoms with Crippen molar-refractivity contribution in [2.75, 3.05) is 33.3 Å². The molecule has 1 saturated heterocycles. The molecule has 3 heteroatoms. The molecule has 2 aliphatic rings. The van der Waals surface area contributed by atoms with Gasteiger partial charge >= 0.3 is 0 Å². The van der Waals surface area contributed by atoms with E-state index in [-0.39, 0.29) is 0 Å². The first kappa shape index (κ1) is 12.0. The summed E-state index contributed by atoms with van der Waals surface area (Å²) >= 11 is 0. The van der Waals surface area contributed by atoms with Crippen molar-refractivity contribution < 1.29 is 4.74 Å². The molecule has 0 aromatic heterocycles. The minimum atomic E-state index is 0.612. The molecule has 1 aromatic rings. The van der Waals surface area contributed by atoms with E-state index in [1.54, 1.807) is 0 Å². The van der Waals surface area contributed by atoms with E-state index in [1.165, 1.54) is 25.1 Å². The highest BCUT2D eigenvalue weighted by Crippen LogP contribution is 2.32. The lowest BCUT2D eigenvalue weighted by Crippen LogP contribution is -2.35. The number of ether oxygens (including phenoxy) is 1. The molecule has 2 heterocycles. The van der Waals surface area contributed by atoms with Crippen molar-refractivity contribution in [1.29, 1.82) is 0 Å². The molecular weight excluding hydrogens is 224 g/mol. The smallest absolute Gasteiger partial charge is 0.122 e. The third-order valence-electron chi connectivity index (χ3n) is 4.13. The summed E-state index contributed by atoms with van der Waals surface area (Å²) in [7, 11) is 2.20. The van der Waals surface area contributed by atoms with Gasteiger partial charge in [0.05, 0.1) is 6.61 Å². The molecule has 2 aliphatic heterocycles. The molecule has 98 valence electrons. The number of likely N-dealkylation sites (N-methyl/N-ethyl adjacent to an activating group) is 1. The van der Waals surface area contributed by atoms with Gasteiger partial charge in [-0.3, -0.25) is 0 Å². The molecule has 1 fully saturated rings. The maximum atomic E-state index is 5.71. The minimum absolute atomic E-state index is 0.612. The Bertz CT molecular complexity index is 407. The maximum absolute atomic E-state index is 5.71. The fraction of sp³-hybridized carbons (Fsp3) is 0.600. The van der Waals surface area contributed by atoms with Crippen molar-refractivity contribution in [1.82, 2.24) is 10.2 Å². The second-order valence-corrected chi connectivity index (χ2v) is 5.53. The lowest BCUT2D eigenvalue weighted by molar-refractivity contribution is 0.262. The van der Waals surface area contributed by atoms with E-state index >= 15 is 0 Å². The molecule has 2 atom stereocenters. The molecule has 0 radical (unpaired) electrons. The zero-order valence-electron chi connectivity index (χ0n) is 11.1. The highest BCUT2D eigenvalue weighted by atomic mass is 16.5. The van der Waals surface area contributed by atoms with Crippen molar-refractivity contribution in [3.05, 3.63) is 29.8 Å². The van der Waals surface area contributed by atoms with E-state index in [4.69, 9.17) is 4.74 Å². The minimum Gasteiger partial charge on any atom is -0.493 e. The van der Waals surface area contributed by atoms with E-state index in [0.29, 0.717) is 12.0 Å². The van der Waals surface area contributed by atoms with Gasteiger partial charge in [0.25, 0.3) is 0 Å². The zero-order valence-corrected chi connectivity index (χ0v) is 11.1. The number of likely N-dealkylation sites (tertiary alicyclic amines) is 1. The molecule has 0 bridgehead atoms. The Morgan fingerprint density at radius 3 is 3.06 bits per heavy atom.